The van der Waals surface area contributed by atoms with Gasteiger partial charge in [-0.1, -0.05) is 12.1 Å². The van der Waals surface area contributed by atoms with Gasteiger partial charge < -0.3 is 15.0 Å². The van der Waals surface area contributed by atoms with Crippen LogP contribution in [-0.2, 0) is 0 Å². The van der Waals surface area contributed by atoms with Gasteiger partial charge in [0.1, 0.15) is 11.6 Å². The van der Waals surface area contributed by atoms with E-state index in [1.54, 1.807) is 17.0 Å². The van der Waals surface area contributed by atoms with Crippen LogP contribution >= 0.6 is 0 Å². The average molecular weight is 371 g/mol. The van der Waals surface area contributed by atoms with Gasteiger partial charge in [0.25, 0.3) is 0 Å². The minimum absolute atomic E-state index is 0.0705. The summed E-state index contributed by atoms with van der Waals surface area (Å²) in [4.78, 5) is 16.7. The summed E-state index contributed by atoms with van der Waals surface area (Å²) in [6.07, 6.45) is 0.785. The number of hydrogen-bond donors (Lipinski definition) is 1. The van der Waals surface area contributed by atoms with Gasteiger partial charge >= 0.3 is 6.03 Å². The molecule has 0 fully saturated rings. The van der Waals surface area contributed by atoms with Crippen molar-refractivity contribution in [2.45, 2.75) is 26.3 Å². The van der Waals surface area contributed by atoms with Crippen LogP contribution in [0.3, 0.4) is 0 Å². The maximum absolute atomic E-state index is 13.2. The molecule has 0 saturated carbocycles. The Hall–Kier alpha value is -2.76. The molecule has 2 amide bonds. The molecule has 2 aromatic rings. The fourth-order valence-electron chi connectivity index (χ4n) is 3.27. The zero-order valence-corrected chi connectivity index (χ0v) is 15.8. The van der Waals surface area contributed by atoms with Crippen molar-refractivity contribution in [2.75, 3.05) is 36.0 Å². The summed E-state index contributed by atoms with van der Waals surface area (Å²) in [5, 5.41) is 3.08. The van der Waals surface area contributed by atoms with Gasteiger partial charge in [0.15, 0.2) is 0 Å². The first-order valence-electron chi connectivity index (χ1n) is 9.39. The molecule has 1 N–H and O–H groups in total. The van der Waals surface area contributed by atoms with Crippen LogP contribution < -0.4 is 19.9 Å². The summed E-state index contributed by atoms with van der Waals surface area (Å²) in [6.45, 7) is 6.65. The third-order valence-electron chi connectivity index (χ3n) is 4.62. The standard InChI is InChI=1S/C21H26FN3O2/c1-3-24(18-11-9-17(22)10-12-18)15-16(2)23-21(26)25-13-6-14-27-20-8-5-4-7-19(20)25/h4-5,7-12,16H,3,6,13-15H2,1-2H3,(H,23,26)/t16-/m0/s1. The lowest BCUT2D eigenvalue weighted by Crippen LogP contribution is -2.48. The van der Waals surface area contributed by atoms with Crippen molar-refractivity contribution in [2.24, 2.45) is 0 Å². The van der Waals surface area contributed by atoms with E-state index in [9.17, 15) is 9.18 Å². The summed E-state index contributed by atoms with van der Waals surface area (Å²) in [7, 11) is 0. The molecule has 144 valence electrons. The fraction of sp³-hybridized carbons (Fsp3) is 0.381. The quantitative estimate of drug-likeness (QED) is 0.863. The van der Waals surface area contributed by atoms with E-state index in [2.05, 4.69) is 10.2 Å². The number of carbonyl (C=O) groups excluding carboxylic acids is 1. The number of ether oxygens (including phenoxy) is 1. The molecule has 0 spiro atoms. The third-order valence-corrected chi connectivity index (χ3v) is 4.62. The number of benzene rings is 2. The molecule has 0 aromatic heterocycles. The molecule has 0 unspecified atom stereocenters. The van der Waals surface area contributed by atoms with E-state index in [-0.39, 0.29) is 17.9 Å². The highest BCUT2D eigenvalue weighted by Gasteiger charge is 2.23. The van der Waals surface area contributed by atoms with E-state index in [4.69, 9.17) is 4.74 Å². The highest BCUT2D eigenvalue weighted by molar-refractivity contribution is 5.93. The summed E-state index contributed by atoms with van der Waals surface area (Å²) in [6, 6.07) is 13.8. The Bertz CT molecular complexity index is 766. The maximum atomic E-state index is 13.2. The largest absolute Gasteiger partial charge is 0.491 e. The molecule has 0 saturated heterocycles. The smallest absolute Gasteiger partial charge is 0.322 e. The van der Waals surface area contributed by atoms with E-state index in [1.165, 1.54) is 12.1 Å². The van der Waals surface area contributed by atoms with E-state index < -0.39 is 0 Å². The van der Waals surface area contributed by atoms with Gasteiger partial charge in [-0.05, 0) is 56.7 Å². The SMILES string of the molecule is CCN(C[C@H](C)NC(=O)N1CCCOc2ccccc21)c1ccc(F)cc1. The predicted octanol–water partition coefficient (Wildman–Crippen LogP) is 4.04. The molecular formula is C21H26FN3O2. The summed E-state index contributed by atoms with van der Waals surface area (Å²) < 4.78 is 18.9. The Morgan fingerprint density at radius 2 is 2.00 bits per heavy atom. The highest BCUT2D eigenvalue weighted by atomic mass is 19.1. The molecule has 1 aliphatic heterocycles. The molecule has 3 rings (SSSR count). The van der Waals surface area contributed by atoms with Gasteiger partial charge in [-0.2, -0.15) is 0 Å². The van der Waals surface area contributed by atoms with Crippen LogP contribution in [-0.4, -0.2) is 38.3 Å². The number of rotatable bonds is 5. The van der Waals surface area contributed by atoms with Gasteiger partial charge in [-0.3, -0.25) is 4.90 Å². The van der Waals surface area contributed by atoms with Crippen molar-refractivity contribution in [1.29, 1.82) is 0 Å². The van der Waals surface area contributed by atoms with Crippen LogP contribution in [0.25, 0.3) is 0 Å². The molecule has 2 aromatic carbocycles. The number of nitrogens with zero attached hydrogens (tertiary/aromatic N) is 2. The predicted molar refractivity (Wildman–Crippen MR) is 106 cm³/mol. The van der Waals surface area contributed by atoms with Crippen molar-refractivity contribution in [3.05, 3.63) is 54.3 Å². The van der Waals surface area contributed by atoms with Crippen LogP contribution in [0.4, 0.5) is 20.6 Å². The van der Waals surface area contributed by atoms with Crippen LogP contribution in [0.1, 0.15) is 20.3 Å². The van der Waals surface area contributed by atoms with Gasteiger partial charge in [-0.15, -0.1) is 0 Å². The van der Waals surface area contributed by atoms with Gasteiger partial charge in [0.05, 0.1) is 12.3 Å². The van der Waals surface area contributed by atoms with E-state index in [1.807, 2.05) is 38.1 Å². The lowest BCUT2D eigenvalue weighted by atomic mass is 10.2. The lowest BCUT2D eigenvalue weighted by Gasteiger charge is -2.29. The number of carbonyl (C=O) groups is 1. The third kappa shape index (κ3) is 4.70. The molecule has 1 heterocycles. The molecule has 0 aliphatic carbocycles. The molecule has 27 heavy (non-hydrogen) atoms. The monoisotopic (exact) mass is 371 g/mol. The van der Waals surface area contributed by atoms with Crippen LogP contribution in [0.5, 0.6) is 5.75 Å². The Kier molecular flexibility index (Phi) is 6.16. The highest BCUT2D eigenvalue weighted by Crippen LogP contribution is 2.30. The second-order valence-corrected chi connectivity index (χ2v) is 6.69. The van der Waals surface area contributed by atoms with E-state index >= 15 is 0 Å². The second-order valence-electron chi connectivity index (χ2n) is 6.69. The first-order chi connectivity index (χ1) is 13.1. The number of hydrogen-bond acceptors (Lipinski definition) is 3. The van der Waals surface area contributed by atoms with Crippen LogP contribution in [0.15, 0.2) is 48.5 Å². The van der Waals surface area contributed by atoms with Gasteiger partial charge in [0, 0.05) is 31.4 Å². The maximum Gasteiger partial charge on any atom is 0.322 e. The van der Waals surface area contributed by atoms with Crippen LogP contribution in [0.2, 0.25) is 0 Å². The summed E-state index contributed by atoms with van der Waals surface area (Å²) >= 11 is 0. The Balaban J connectivity index is 1.65. The molecular weight excluding hydrogens is 345 g/mol. The molecule has 0 radical (unpaired) electrons. The number of halogens is 1. The minimum atomic E-state index is -0.252. The van der Waals surface area contributed by atoms with Crippen molar-refractivity contribution >= 4 is 17.4 Å². The topological polar surface area (TPSA) is 44.8 Å². The molecule has 0 bridgehead atoms. The Labute approximate surface area is 159 Å². The normalized spacial score (nSPS) is 14.6. The van der Waals surface area contributed by atoms with Crippen molar-refractivity contribution < 1.29 is 13.9 Å². The average Bonchev–Trinajstić information content (AvgIpc) is 2.89. The van der Waals surface area contributed by atoms with E-state index in [0.717, 1.165) is 30.1 Å². The Morgan fingerprint density at radius 3 is 2.74 bits per heavy atom. The van der Waals surface area contributed by atoms with Crippen molar-refractivity contribution in [1.82, 2.24) is 5.32 Å². The van der Waals surface area contributed by atoms with Crippen molar-refractivity contribution in [3.63, 3.8) is 0 Å². The minimum Gasteiger partial charge on any atom is -0.491 e. The van der Waals surface area contributed by atoms with Crippen molar-refractivity contribution in [3.8, 4) is 5.75 Å². The van der Waals surface area contributed by atoms with Gasteiger partial charge in [0.2, 0.25) is 0 Å². The number of anilines is 2. The number of nitrogens with one attached hydrogen (secondary N) is 1. The zero-order valence-electron chi connectivity index (χ0n) is 15.8. The van der Waals surface area contributed by atoms with Crippen LogP contribution in [0, 0.1) is 5.82 Å². The Morgan fingerprint density at radius 1 is 1.26 bits per heavy atom. The fourth-order valence-corrected chi connectivity index (χ4v) is 3.27. The molecule has 6 heteroatoms. The number of fused-ring (bicyclic) bond motifs is 1. The molecule has 5 nitrogen and oxygen atoms in total. The summed E-state index contributed by atoms with van der Waals surface area (Å²) in [5.41, 5.74) is 1.74. The first kappa shape index (κ1) is 19.0. The second kappa shape index (κ2) is 8.75. The number of amides is 2. The number of urea groups is 1. The number of likely N-dealkylation sites (N-methyl/N-ethyl adjacent to an activating group) is 1. The molecule has 1 aliphatic rings. The summed E-state index contributed by atoms with van der Waals surface area (Å²) in [5.74, 6) is 0.484. The van der Waals surface area contributed by atoms with Gasteiger partial charge in [-0.25, -0.2) is 9.18 Å². The zero-order chi connectivity index (χ0) is 19.2. The lowest BCUT2D eigenvalue weighted by molar-refractivity contribution is 0.243. The number of para-hydroxylation sites is 2. The molecule has 1 atom stereocenters. The van der Waals surface area contributed by atoms with E-state index in [0.29, 0.717) is 19.7 Å². The first-order valence-corrected chi connectivity index (χ1v) is 9.39.